The van der Waals surface area contributed by atoms with Gasteiger partial charge < -0.3 is 23.4 Å². The Morgan fingerprint density at radius 1 is 1.06 bits per heavy atom. The second kappa shape index (κ2) is 11.0. The molecule has 0 amide bonds. The summed E-state index contributed by atoms with van der Waals surface area (Å²) in [4.78, 5) is 24.7. The number of fused-ring (bicyclic) bond motifs is 1. The van der Waals surface area contributed by atoms with Crippen LogP contribution in [0, 0.1) is 13.8 Å². The Balaban J connectivity index is 1.91. The van der Waals surface area contributed by atoms with Crippen molar-refractivity contribution in [2.45, 2.75) is 26.9 Å². The van der Waals surface area contributed by atoms with Crippen LogP contribution in [-0.2, 0) is 20.4 Å². The zero-order valence-corrected chi connectivity index (χ0v) is 19.8. The molecule has 1 heterocycles. The molecule has 3 rings (SSSR count). The first-order chi connectivity index (χ1) is 16.5. The minimum Gasteiger partial charge on any atom is -0.482 e. The Hall–Kier alpha value is -3.24. The minimum absolute atomic E-state index is 0.00403. The normalized spacial score (nSPS) is 11.5. The third kappa shape index (κ3) is 6.46. The smallest absolute Gasteiger partial charge is 0.453 e. The molecule has 0 spiro atoms. The van der Waals surface area contributed by atoms with Gasteiger partial charge in [-0.1, -0.05) is 11.6 Å². The average molecular weight is 515 g/mol. The van der Waals surface area contributed by atoms with E-state index in [1.807, 2.05) is 0 Å². The molecule has 188 valence electrons. The second-order valence-electron chi connectivity index (χ2n) is 7.42. The van der Waals surface area contributed by atoms with E-state index in [9.17, 15) is 22.8 Å². The van der Waals surface area contributed by atoms with E-state index in [2.05, 4.69) is 0 Å². The molecule has 35 heavy (non-hydrogen) atoms. The van der Waals surface area contributed by atoms with Gasteiger partial charge in [0.2, 0.25) is 11.2 Å². The lowest BCUT2D eigenvalue weighted by Crippen LogP contribution is -2.18. The van der Waals surface area contributed by atoms with Crippen LogP contribution < -0.4 is 14.9 Å². The number of alkyl halides is 3. The molecule has 0 aliphatic rings. The zero-order chi connectivity index (χ0) is 25.8. The minimum atomic E-state index is -5.03. The Bertz CT molecular complexity index is 1260. The Morgan fingerprint density at radius 2 is 1.74 bits per heavy atom. The van der Waals surface area contributed by atoms with Crippen LogP contribution in [0.25, 0.3) is 11.0 Å². The van der Waals surface area contributed by atoms with Gasteiger partial charge >= 0.3 is 12.1 Å². The molecule has 7 nitrogen and oxygen atoms in total. The maximum atomic E-state index is 13.8. The molecule has 0 aliphatic heterocycles. The Labute approximate surface area is 203 Å². The topological polar surface area (TPSA) is 84.2 Å². The van der Waals surface area contributed by atoms with Crippen molar-refractivity contribution in [1.29, 1.82) is 0 Å². The van der Waals surface area contributed by atoms with Crippen LogP contribution >= 0.6 is 11.6 Å². The molecular formula is C24H22ClF3O7. The predicted octanol–water partition coefficient (Wildman–Crippen LogP) is 5.83. The molecule has 11 heteroatoms. The largest absolute Gasteiger partial charge is 0.482 e. The molecule has 0 radical (unpaired) electrons. The third-order valence-electron chi connectivity index (χ3n) is 4.76. The lowest BCUT2D eigenvalue weighted by molar-refractivity contribution is -0.154. The van der Waals surface area contributed by atoms with E-state index in [-0.39, 0.29) is 35.7 Å². The summed E-state index contributed by atoms with van der Waals surface area (Å²) in [6, 6.07) is 6.47. The van der Waals surface area contributed by atoms with E-state index in [1.54, 1.807) is 20.8 Å². The number of carbonyl (C=O) groups is 1. The first kappa shape index (κ1) is 26.4. The van der Waals surface area contributed by atoms with Crippen molar-refractivity contribution in [3.8, 4) is 17.2 Å². The summed E-state index contributed by atoms with van der Waals surface area (Å²) in [5, 5.41) is 0.270. The van der Waals surface area contributed by atoms with Crippen molar-refractivity contribution < 1.29 is 41.3 Å². The summed E-state index contributed by atoms with van der Waals surface area (Å²) >= 11 is 6.10. The maximum Gasteiger partial charge on any atom is 0.453 e. The second-order valence-corrected chi connectivity index (χ2v) is 7.80. The molecule has 1 aromatic heterocycles. The van der Waals surface area contributed by atoms with Crippen LogP contribution in [0.15, 0.2) is 39.5 Å². The van der Waals surface area contributed by atoms with Gasteiger partial charge in [-0.3, -0.25) is 4.79 Å². The van der Waals surface area contributed by atoms with Crippen molar-refractivity contribution in [2.75, 3.05) is 26.4 Å². The highest BCUT2D eigenvalue weighted by Crippen LogP contribution is 2.39. The number of hydrogen-bond acceptors (Lipinski definition) is 7. The van der Waals surface area contributed by atoms with Gasteiger partial charge in [0.05, 0.1) is 12.0 Å². The number of rotatable bonds is 9. The molecule has 2 aromatic carbocycles. The molecule has 0 aliphatic carbocycles. The van der Waals surface area contributed by atoms with Gasteiger partial charge in [0.15, 0.2) is 6.61 Å². The van der Waals surface area contributed by atoms with Gasteiger partial charge in [-0.15, -0.1) is 0 Å². The van der Waals surface area contributed by atoms with Crippen LogP contribution in [0.3, 0.4) is 0 Å². The number of ether oxygens (including phenoxy) is 4. The summed E-state index contributed by atoms with van der Waals surface area (Å²) < 4.78 is 66.9. The Morgan fingerprint density at radius 3 is 2.37 bits per heavy atom. The van der Waals surface area contributed by atoms with Gasteiger partial charge in [-0.2, -0.15) is 13.2 Å². The Kier molecular flexibility index (Phi) is 8.29. The molecule has 3 aromatic rings. The van der Waals surface area contributed by atoms with Gasteiger partial charge in [-0.25, -0.2) is 4.79 Å². The van der Waals surface area contributed by atoms with Crippen molar-refractivity contribution in [2.24, 2.45) is 0 Å². The SMILES string of the molecule is CCOCCOC(=O)COc1ccc2c(=O)c(Oc3cc(C)c(Cl)c(C)c3)c(C(F)(F)F)oc2c1. The standard InChI is InChI=1S/C24H22ClF3O7/c1-4-31-7-8-32-19(29)12-33-15-5-6-17-18(11-15)35-23(24(26,27)28)22(21(17)30)34-16-9-13(2)20(25)14(3)10-16/h5-6,9-11H,4,7-8,12H2,1-3H3. The number of aryl methyl sites for hydroxylation is 2. The average Bonchev–Trinajstić information content (AvgIpc) is 2.79. The quantitative estimate of drug-likeness (QED) is 0.262. The number of halogens is 4. The number of benzene rings is 2. The van der Waals surface area contributed by atoms with E-state index in [4.69, 9.17) is 35.0 Å². The van der Waals surface area contributed by atoms with Crippen molar-refractivity contribution in [1.82, 2.24) is 0 Å². The fourth-order valence-corrected chi connectivity index (χ4v) is 3.26. The van der Waals surface area contributed by atoms with Gasteiger partial charge in [0.1, 0.15) is 23.7 Å². The highest BCUT2D eigenvalue weighted by Gasteiger charge is 2.40. The number of esters is 1. The van der Waals surface area contributed by atoms with Crippen molar-refractivity contribution in [3.05, 3.63) is 62.5 Å². The molecule has 0 saturated carbocycles. The molecule has 0 N–H and O–H groups in total. The van der Waals surface area contributed by atoms with E-state index in [0.717, 1.165) is 6.07 Å². The first-order valence-corrected chi connectivity index (χ1v) is 10.9. The summed E-state index contributed by atoms with van der Waals surface area (Å²) in [5.74, 6) is -3.29. The summed E-state index contributed by atoms with van der Waals surface area (Å²) in [6.45, 7) is 5.35. The molecule has 0 atom stereocenters. The highest BCUT2D eigenvalue weighted by atomic mass is 35.5. The van der Waals surface area contributed by atoms with E-state index in [0.29, 0.717) is 22.8 Å². The van der Waals surface area contributed by atoms with E-state index in [1.165, 1.54) is 24.3 Å². The van der Waals surface area contributed by atoms with Crippen LogP contribution in [0.1, 0.15) is 23.8 Å². The lowest BCUT2D eigenvalue weighted by atomic mass is 10.1. The van der Waals surface area contributed by atoms with E-state index < -0.39 is 35.7 Å². The lowest BCUT2D eigenvalue weighted by Gasteiger charge is -2.15. The molecule has 0 bridgehead atoms. The fourth-order valence-electron chi connectivity index (χ4n) is 3.15. The molecule has 0 fully saturated rings. The fraction of sp³-hybridized carbons (Fsp3) is 0.333. The van der Waals surface area contributed by atoms with Gasteiger partial charge in [0.25, 0.3) is 5.76 Å². The first-order valence-electron chi connectivity index (χ1n) is 10.5. The molecular weight excluding hydrogens is 493 g/mol. The van der Waals surface area contributed by atoms with Crippen LogP contribution in [-0.4, -0.2) is 32.4 Å². The molecule has 0 unspecified atom stereocenters. The van der Waals surface area contributed by atoms with Crippen molar-refractivity contribution >= 4 is 28.5 Å². The van der Waals surface area contributed by atoms with Gasteiger partial charge in [-0.05, 0) is 56.2 Å². The van der Waals surface area contributed by atoms with Gasteiger partial charge in [0, 0.05) is 17.7 Å². The summed E-state index contributed by atoms with van der Waals surface area (Å²) in [5.41, 5.74) is -0.275. The monoisotopic (exact) mass is 514 g/mol. The highest BCUT2D eigenvalue weighted by molar-refractivity contribution is 6.32. The zero-order valence-electron chi connectivity index (χ0n) is 19.1. The van der Waals surface area contributed by atoms with Crippen LogP contribution in [0.2, 0.25) is 5.02 Å². The maximum absolute atomic E-state index is 13.8. The van der Waals surface area contributed by atoms with E-state index >= 15 is 0 Å². The van der Waals surface area contributed by atoms with Crippen LogP contribution in [0.4, 0.5) is 13.2 Å². The predicted molar refractivity (Wildman–Crippen MR) is 121 cm³/mol. The molecule has 0 saturated heterocycles. The number of hydrogen-bond donors (Lipinski definition) is 0. The summed E-state index contributed by atoms with van der Waals surface area (Å²) in [7, 11) is 0. The third-order valence-corrected chi connectivity index (χ3v) is 5.36. The summed E-state index contributed by atoms with van der Waals surface area (Å²) in [6.07, 6.45) is -5.03. The van der Waals surface area contributed by atoms with Crippen molar-refractivity contribution in [3.63, 3.8) is 0 Å². The number of carbonyl (C=O) groups excluding carboxylic acids is 1. The van der Waals surface area contributed by atoms with Crippen LogP contribution in [0.5, 0.6) is 17.2 Å².